The van der Waals surface area contributed by atoms with Crippen molar-refractivity contribution >= 4 is 11.8 Å². The molecule has 4 heteroatoms. The van der Waals surface area contributed by atoms with E-state index in [9.17, 15) is 9.59 Å². The summed E-state index contributed by atoms with van der Waals surface area (Å²) in [5, 5.41) is 3.12. The SMILES string of the molecule is CC(CC(C)(C)c1ccccc1)NC(=O)c1ccc(CN2CCCC2=O)cc1. The normalized spacial score (nSPS) is 15.5. The first kappa shape index (κ1) is 20.1. The van der Waals surface area contributed by atoms with Crippen LogP contribution in [0, 0.1) is 0 Å². The zero-order valence-electron chi connectivity index (χ0n) is 17.1. The molecular formula is C24H30N2O2. The number of nitrogens with one attached hydrogen (secondary N) is 1. The van der Waals surface area contributed by atoms with E-state index in [4.69, 9.17) is 0 Å². The van der Waals surface area contributed by atoms with Gasteiger partial charge in [-0.3, -0.25) is 9.59 Å². The Bertz CT molecular complexity index is 812. The van der Waals surface area contributed by atoms with Crippen molar-refractivity contribution < 1.29 is 9.59 Å². The largest absolute Gasteiger partial charge is 0.350 e. The first-order chi connectivity index (χ1) is 13.3. The molecule has 2 amide bonds. The molecule has 4 nitrogen and oxygen atoms in total. The number of benzene rings is 2. The van der Waals surface area contributed by atoms with Crippen LogP contribution in [-0.4, -0.2) is 29.3 Å². The molecule has 1 unspecified atom stereocenters. The van der Waals surface area contributed by atoms with Crippen LogP contribution in [-0.2, 0) is 16.8 Å². The predicted molar refractivity (Wildman–Crippen MR) is 112 cm³/mol. The quantitative estimate of drug-likeness (QED) is 0.781. The lowest BCUT2D eigenvalue weighted by molar-refractivity contribution is -0.128. The number of likely N-dealkylation sites (tertiary alicyclic amines) is 1. The summed E-state index contributed by atoms with van der Waals surface area (Å²) < 4.78 is 0. The van der Waals surface area contributed by atoms with Crippen LogP contribution in [0.3, 0.4) is 0 Å². The Balaban J connectivity index is 1.56. The second-order valence-corrected chi connectivity index (χ2v) is 8.44. The zero-order valence-corrected chi connectivity index (χ0v) is 17.1. The topological polar surface area (TPSA) is 49.4 Å². The number of carbonyl (C=O) groups excluding carboxylic acids is 2. The lowest BCUT2D eigenvalue weighted by Gasteiger charge is -2.29. The van der Waals surface area contributed by atoms with E-state index < -0.39 is 0 Å². The summed E-state index contributed by atoms with van der Waals surface area (Å²) >= 11 is 0. The highest BCUT2D eigenvalue weighted by atomic mass is 16.2. The van der Waals surface area contributed by atoms with E-state index in [0.29, 0.717) is 18.5 Å². The van der Waals surface area contributed by atoms with Crippen molar-refractivity contribution in [1.29, 1.82) is 0 Å². The van der Waals surface area contributed by atoms with E-state index >= 15 is 0 Å². The Hall–Kier alpha value is -2.62. The maximum atomic E-state index is 12.6. The average Bonchev–Trinajstić information content (AvgIpc) is 3.07. The van der Waals surface area contributed by atoms with Gasteiger partial charge in [-0.05, 0) is 48.4 Å². The van der Waals surface area contributed by atoms with Gasteiger partial charge >= 0.3 is 0 Å². The van der Waals surface area contributed by atoms with Gasteiger partial charge in [-0.2, -0.15) is 0 Å². The third-order valence-corrected chi connectivity index (χ3v) is 5.51. The number of rotatable bonds is 7. The van der Waals surface area contributed by atoms with Crippen molar-refractivity contribution in [3.8, 4) is 0 Å². The molecule has 1 aliphatic heterocycles. The van der Waals surface area contributed by atoms with Crippen LogP contribution in [0.4, 0.5) is 0 Å². The lowest BCUT2D eigenvalue weighted by Crippen LogP contribution is -2.37. The van der Waals surface area contributed by atoms with Crippen molar-refractivity contribution in [3.05, 3.63) is 71.3 Å². The van der Waals surface area contributed by atoms with Crippen LogP contribution in [0.5, 0.6) is 0 Å². The van der Waals surface area contributed by atoms with Gasteiger partial charge in [0.2, 0.25) is 5.91 Å². The van der Waals surface area contributed by atoms with Gasteiger partial charge in [0.1, 0.15) is 0 Å². The van der Waals surface area contributed by atoms with E-state index in [1.165, 1.54) is 5.56 Å². The summed E-state index contributed by atoms with van der Waals surface area (Å²) in [4.78, 5) is 26.2. The van der Waals surface area contributed by atoms with Crippen LogP contribution in [0.25, 0.3) is 0 Å². The summed E-state index contributed by atoms with van der Waals surface area (Å²) in [6, 6.07) is 18.0. The van der Waals surface area contributed by atoms with Gasteiger partial charge in [0, 0.05) is 31.1 Å². The second-order valence-electron chi connectivity index (χ2n) is 8.44. The Morgan fingerprint density at radius 2 is 1.79 bits per heavy atom. The minimum Gasteiger partial charge on any atom is -0.350 e. The van der Waals surface area contributed by atoms with Crippen molar-refractivity contribution in [1.82, 2.24) is 10.2 Å². The molecule has 1 atom stereocenters. The summed E-state index contributed by atoms with van der Waals surface area (Å²) in [6.07, 6.45) is 2.45. The second kappa shape index (κ2) is 8.59. The number of hydrogen-bond donors (Lipinski definition) is 1. The van der Waals surface area contributed by atoms with Gasteiger partial charge in [-0.1, -0.05) is 56.3 Å². The van der Waals surface area contributed by atoms with Gasteiger partial charge in [-0.15, -0.1) is 0 Å². The fraction of sp³-hybridized carbons (Fsp3) is 0.417. The maximum absolute atomic E-state index is 12.6. The number of carbonyl (C=O) groups is 2. The summed E-state index contributed by atoms with van der Waals surface area (Å²) in [5.41, 5.74) is 2.97. The molecule has 0 aliphatic carbocycles. The molecule has 0 spiro atoms. The molecule has 28 heavy (non-hydrogen) atoms. The molecule has 1 saturated heterocycles. The highest BCUT2D eigenvalue weighted by molar-refractivity contribution is 5.94. The Labute approximate surface area is 167 Å². The third kappa shape index (κ3) is 5.00. The standard InChI is InChI=1S/C24H30N2O2/c1-18(16-24(2,3)21-8-5-4-6-9-21)25-23(28)20-13-11-19(12-14-20)17-26-15-7-10-22(26)27/h4-6,8-9,11-14,18H,7,10,15-17H2,1-3H3,(H,25,28). The third-order valence-electron chi connectivity index (χ3n) is 5.51. The zero-order chi connectivity index (χ0) is 20.1. The molecule has 1 aliphatic rings. The van der Waals surface area contributed by atoms with E-state index in [2.05, 4.69) is 50.4 Å². The Morgan fingerprint density at radius 1 is 1.11 bits per heavy atom. The van der Waals surface area contributed by atoms with Crippen LogP contribution >= 0.6 is 0 Å². The number of hydrogen-bond acceptors (Lipinski definition) is 2. The van der Waals surface area contributed by atoms with Crippen molar-refractivity contribution in [3.63, 3.8) is 0 Å². The molecule has 1 heterocycles. The van der Waals surface area contributed by atoms with Crippen LogP contribution < -0.4 is 5.32 Å². The Morgan fingerprint density at radius 3 is 2.39 bits per heavy atom. The molecule has 1 fully saturated rings. The number of amides is 2. The molecule has 0 radical (unpaired) electrons. The lowest BCUT2D eigenvalue weighted by atomic mass is 9.79. The highest BCUT2D eigenvalue weighted by Crippen LogP contribution is 2.28. The predicted octanol–water partition coefficient (Wildman–Crippen LogP) is 4.30. The molecule has 148 valence electrons. The number of nitrogens with zero attached hydrogens (tertiary/aromatic N) is 1. The van der Waals surface area contributed by atoms with Gasteiger partial charge in [-0.25, -0.2) is 0 Å². The minimum atomic E-state index is -0.0554. The molecule has 1 N–H and O–H groups in total. The maximum Gasteiger partial charge on any atom is 0.251 e. The summed E-state index contributed by atoms with van der Waals surface area (Å²) in [6.45, 7) is 7.92. The van der Waals surface area contributed by atoms with Gasteiger partial charge in [0.25, 0.3) is 5.91 Å². The summed E-state index contributed by atoms with van der Waals surface area (Å²) in [7, 11) is 0. The smallest absolute Gasteiger partial charge is 0.251 e. The van der Waals surface area contributed by atoms with Gasteiger partial charge in [0.05, 0.1) is 0 Å². The van der Waals surface area contributed by atoms with E-state index in [0.717, 1.165) is 24.9 Å². The van der Waals surface area contributed by atoms with Crippen LogP contribution in [0.15, 0.2) is 54.6 Å². The summed E-state index contributed by atoms with van der Waals surface area (Å²) in [5.74, 6) is 0.164. The van der Waals surface area contributed by atoms with Crippen molar-refractivity contribution in [2.75, 3.05) is 6.54 Å². The van der Waals surface area contributed by atoms with E-state index in [-0.39, 0.29) is 23.3 Å². The molecule has 2 aromatic rings. The first-order valence-corrected chi connectivity index (χ1v) is 10.1. The molecule has 3 rings (SSSR count). The van der Waals surface area contributed by atoms with E-state index in [1.807, 2.05) is 35.2 Å². The van der Waals surface area contributed by atoms with Crippen LogP contribution in [0.1, 0.15) is 61.5 Å². The minimum absolute atomic E-state index is 0.0138. The van der Waals surface area contributed by atoms with Gasteiger partial charge in [0.15, 0.2) is 0 Å². The fourth-order valence-corrected chi connectivity index (χ4v) is 3.98. The average molecular weight is 379 g/mol. The Kier molecular flexibility index (Phi) is 6.18. The molecule has 0 saturated carbocycles. The molecular weight excluding hydrogens is 348 g/mol. The van der Waals surface area contributed by atoms with Crippen LogP contribution in [0.2, 0.25) is 0 Å². The van der Waals surface area contributed by atoms with Crippen molar-refractivity contribution in [2.45, 2.75) is 58.0 Å². The van der Waals surface area contributed by atoms with Crippen molar-refractivity contribution in [2.24, 2.45) is 0 Å². The van der Waals surface area contributed by atoms with E-state index in [1.54, 1.807) is 0 Å². The van der Waals surface area contributed by atoms with Gasteiger partial charge < -0.3 is 10.2 Å². The first-order valence-electron chi connectivity index (χ1n) is 10.1. The molecule has 2 aromatic carbocycles. The molecule has 0 bridgehead atoms. The highest BCUT2D eigenvalue weighted by Gasteiger charge is 2.24. The monoisotopic (exact) mass is 378 g/mol. The fourth-order valence-electron chi connectivity index (χ4n) is 3.98. The molecule has 0 aromatic heterocycles.